The van der Waals surface area contributed by atoms with Crippen molar-refractivity contribution in [3.8, 4) is 0 Å². The van der Waals surface area contributed by atoms with Crippen LogP contribution in [0.1, 0.15) is 57.7 Å². The third-order valence-electron chi connectivity index (χ3n) is 5.62. The van der Waals surface area contributed by atoms with Crippen molar-refractivity contribution in [2.75, 3.05) is 20.1 Å². The summed E-state index contributed by atoms with van der Waals surface area (Å²) in [5.41, 5.74) is 1.97. The Balaban J connectivity index is 1.54. The monoisotopic (exact) mass is 398 g/mol. The molecule has 1 heterocycles. The molecule has 1 fully saturated rings. The molecule has 2 amide bonds. The second-order valence-electron chi connectivity index (χ2n) is 8.15. The molecule has 1 aliphatic rings. The summed E-state index contributed by atoms with van der Waals surface area (Å²) in [6.45, 7) is 4.03. The summed E-state index contributed by atoms with van der Waals surface area (Å²) >= 11 is 0. The molecule has 29 heavy (non-hydrogen) atoms. The zero-order chi connectivity index (χ0) is 20.6. The topological polar surface area (TPSA) is 67.2 Å². The van der Waals surface area contributed by atoms with Gasteiger partial charge in [0.15, 0.2) is 0 Å². The van der Waals surface area contributed by atoms with E-state index in [9.17, 15) is 9.59 Å². The third-order valence-corrected chi connectivity index (χ3v) is 5.62. The van der Waals surface area contributed by atoms with Gasteiger partial charge in [0, 0.05) is 32.5 Å². The van der Waals surface area contributed by atoms with E-state index in [2.05, 4.69) is 16.8 Å². The van der Waals surface area contributed by atoms with Crippen LogP contribution >= 0.6 is 0 Å². The van der Waals surface area contributed by atoms with E-state index in [-0.39, 0.29) is 17.7 Å². The van der Waals surface area contributed by atoms with Crippen molar-refractivity contribution in [2.45, 2.75) is 64.8 Å². The molecule has 0 bridgehead atoms. The van der Waals surface area contributed by atoms with Crippen LogP contribution in [-0.2, 0) is 22.6 Å². The highest BCUT2D eigenvalue weighted by Crippen LogP contribution is 2.28. The van der Waals surface area contributed by atoms with Gasteiger partial charge in [0.25, 0.3) is 0 Å². The van der Waals surface area contributed by atoms with E-state index in [0.29, 0.717) is 6.54 Å². The van der Waals surface area contributed by atoms with E-state index in [0.717, 1.165) is 81.3 Å². The number of para-hydroxylation sites is 2. The number of hydrogen-bond donors (Lipinski definition) is 1. The first-order chi connectivity index (χ1) is 14.1. The number of unbranched alkanes of at least 4 members (excludes halogenated alkanes) is 3. The molecule has 1 N–H and O–H groups in total. The minimum absolute atomic E-state index is 0.130. The molecule has 1 aromatic heterocycles. The largest absolute Gasteiger partial charge is 0.356 e. The lowest BCUT2D eigenvalue weighted by atomic mass is 10.2. The molecule has 1 aromatic carbocycles. The Labute approximate surface area is 173 Å². The van der Waals surface area contributed by atoms with E-state index in [1.54, 1.807) is 0 Å². The molecule has 158 valence electrons. The predicted octanol–water partition coefficient (Wildman–Crippen LogP) is 3.53. The summed E-state index contributed by atoms with van der Waals surface area (Å²) in [4.78, 5) is 31.0. The first kappa shape index (κ1) is 21.3. The molecule has 6 nitrogen and oxygen atoms in total. The van der Waals surface area contributed by atoms with Crippen LogP contribution in [0.15, 0.2) is 24.3 Å². The van der Waals surface area contributed by atoms with Crippen molar-refractivity contribution in [1.82, 2.24) is 19.8 Å². The number of aromatic nitrogens is 2. The maximum Gasteiger partial charge on any atom is 0.242 e. The lowest BCUT2D eigenvalue weighted by Gasteiger charge is -2.18. The van der Waals surface area contributed by atoms with Crippen molar-refractivity contribution in [2.24, 2.45) is 5.92 Å². The van der Waals surface area contributed by atoms with Gasteiger partial charge in [-0.3, -0.25) is 9.59 Å². The quantitative estimate of drug-likeness (QED) is 0.556. The van der Waals surface area contributed by atoms with Crippen LogP contribution in [0.2, 0.25) is 0 Å². The Bertz CT molecular complexity index is 825. The summed E-state index contributed by atoms with van der Waals surface area (Å²) in [6, 6.07) is 8.03. The van der Waals surface area contributed by atoms with Crippen molar-refractivity contribution in [3.63, 3.8) is 0 Å². The van der Waals surface area contributed by atoms with Crippen molar-refractivity contribution in [1.29, 1.82) is 0 Å². The van der Waals surface area contributed by atoms with Gasteiger partial charge in [0.1, 0.15) is 12.4 Å². The zero-order valence-corrected chi connectivity index (χ0v) is 17.8. The summed E-state index contributed by atoms with van der Waals surface area (Å²) in [5, 5.41) is 3.02. The number of benzene rings is 1. The second kappa shape index (κ2) is 10.4. The Kier molecular flexibility index (Phi) is 7.67. The molecule has 0 unspecified atom stereocenters. The van der Waals surface area contributed by atoms with Gasteiger partial charge in [-0.15, -0.1) is 0 Å². The van der Waals surface area contributed by atoms with Gasteiger partial charge in [-0.25, -0.2) is 4.98 Å². The van der Waals surface area contributed by atoms with Crippen LogP contribution in [0.3, 0.4) is 0 Å². The molecule has 0 atom stereocenters. The third kappa shape index (κ3) is 6.05. The van der Waals surface area contributed by atoms with Gasteiger partial charge in [-0.05, 0) is 44.2 Å². The second-order valence-corrected chi connectivity index (χ2v) is 8.15. The van der Waals surface area contributed by atoms with Gasteiger partial charge in [-0.2, -0.15) is 0 Å². The number of carbonyl (C=O) groups is 2. The number of imidazole rings is 1. The van der Waals surface area contributed by atoms with Crippen LogP contribution in [0.25, 0.3) is 11.0 Å². The van der Waals surface area contributed by atoms with Gasteiger partial charge < -0.3 is 14.8 Å². The summed E-state index contributed by atoms with van der Waals surface area (Å²) in [6.07, 6.45) is 8.08. The Morgan fingerprint density at radius 3 is 2.72 bits per heavy atom. The first-order valence-electron chi connectivity index (χ1n) is 11.1. The van der Waals surface area contributed by atoms with Gasteiger partial charge >= 0.3 is 0 Å². The van der Waals surface area contributed by atoms with Crippen LogP contribution in [-0.4, -0.2) is 46.4 Å². The van der Waals surface area contributed by atoms with E-state index < -0.39 is 0 Å². The first-order valence-corrected chi connectivity index (χ1v) is 11.1. The molecule has 0 saturated heterocycles. The molecular formula is C23H34N4O2. The predicted molar refractivity (Wildman–Crippen MR) is 116 cm³/mol. The lowest BCUT2D eigenvalue weighted by molar-refractivity contribution is -0.130. The molecule has 6 heteroatoms. The lowest BCUT2D eigenvalue weighted by Crippen LogP contribution is -2.31. The molecular weight excluding hydrogens is 364 g/mol. The molecule has 1 saturated carbocycles. The number of nitrogens with zero attached hydrogens (tertiary/aromatic N) is 3. The number of carbonyl (C=O) groups excluding carboxylic acids is 2. The standard InChI is InChI=1S/C23H34N4O2/c1-3-4-16-26(2)22(28)17-27-20-11-8-7-10-19(20)25-21(27)12-6-5-9-15-24-23(29)18-13-14-18/h7-8,10-11,18H,3-6,9,12-17H2,1-2H3,(H,24,29). The fourth-order valence-electron chi connectivity index (χ4n) is 3.55. The summed E-state index contributed by atoms with van der Waals surface area (Å²) < 4.78 is 2.08. The summed E-state index contributed by atoms with van der Waals surface area (Å²) in [5.74, 6) is 1.61. The molecule has 1 aliphatic carbocycles. The maximum absolute atomic E-state index is 12.7. The van der Waals surface area contributed by atoms with E-state index in [4.69, 9.17) is 4.98 Å². The van der Waals surface area contributed by atoms with Gasteiger partial charge in [-0.1, -0.05) is 31.9 Å². The normalized spacial score (nSPS) is 13.6. The van der Waals surface area contributed by atoms with Crippen LogP contribution < -0.4 is 5.32 Å². The van der Waals surface area contributed by atoms with Crippen LogP contribution in [0.4, 0.5) is 0 Å². The maximum atomic E-state index is 12.7. The molecule has 0 radical (unpaired) electrons. The number of nitrogens with one attached hydrogen (secondary N) is 1. The van der Waals surface area contributed by atoms with Crippen molar-refractivity contribution in [3.05, 3.63) is 30.1 Å². The van der Waals surface area contributed by atoms with Gasteiger partial charge in [0.05, 0.1) is 11.0 Å². The van der Waals surface area contributed by atoms with E-state index in [1.807, 2.05) is 36.2 Å². The van der Waals surface area contributed by atoms with Crippen molar-refractivity contribution >= 4 is 22.8 Å². The average molecular weight is 399 g/mol. The summed E-state index contributed by atoms with van der Waals surface area (Å²) in [7, 11) is 1.88. The van der Waals surface area contributed by atoms with Crippen LogP contribution in [0.5, 0.6) is 0 Å². The smallest absolute Gasteiger partial charge is 0.242 e. The van der Waals surface area contributed by atoms with Crippen molar-refractivity contribution < 1.29 is 9.59 Å². The highest BCUT2D eigenvalue weighted by molar-refractivity contribution is 5.81. The fourth-order valence-corrected chi connectivity index (χ4v) is 3.55. The van der Waals surface area contributed by atoms with Crippen LogP contribution in [0, 0.1) is 5.92 Å². The van der Waals surface area contributed by atoms with E-state index in [1.165, 1.54) is 0 Å². The highest BCUT2D eigenvalue weighted by atomic mass is 16.2. The number of fused-ring (bicyclic) bond motifs is 1. The Morgan fingerprint density at radius 1 is 1.17 bits per heavy atom. The molecule has 0 aliphatic heterocycles. The number of amides is 2. The molecule has 0 spiro atoms. The van der Waals surface area contributed by atoms with Gasteiger partial charge in [0.2, 0.25) is 11.8 Å². The fraction of sp³-hybridized carbons (Fsp3) is 0.609. The number of hydrogen-bond acceptors (Lipinski definition) is 3. The number of rotatable bonds is 12. The minimum atomic E-state index is 0.130. The number of aryl methyl sites for hydroxylation is 1. The van der Waals surface area contributed by atoms with E-state index >= 15 is 0 Å². The Hall–Kier alpha value is -2.37. The number of likely N-dealkylation sites (N-methyl/N-ethyl adjacent to an activating group) is 1. The average Bonchev–Trinajstić information content (AvgIpc) is 3.52. The molecule has 3 rings (SSSR count). The zero-order valence-electron chi connectivity index (χ0n) is 17.8. The minimum Gasteiger partial charge on any atom is -0.356 e. The SMILES string of the molecule is CCCCN(C)C(=O)Cn1c(CCCCCNC(=O)C2CC2)nc2ccccc21. The Morgan fingerprint density at radius 2 is 1.97 bits per heavy atom. The molecule has 2 aromatic rings. The highest BCUT2D eigenvalue weighted by Gasteiger charge is 2.28.